The van der Waals surface area contributed by atoms with Gasteiger partial charge in [0, 0.05) is 11.1 Å². The standard InChI is InChI=1S/C18H23ClN2O3/c19-13-6-9-16(15(10-13)12-4-2-1-3-5-12)24-11-17(22)21-18(23)20-14-7-8-14/h6,9-10,12,14H,1-5,7-8,11H2,(H2,20,21,22,23). The summed E-state index contributed by atoms with van der Waals surface area (Å²) < 4.78 is 5.68. The number of ether oxygens (including phenoxy) is 1. The molecule has 2 N–H and O–H groups in total. The first-order chi connectivity index (χ1) is 11.6. The van der Waals surface area contributed by atoms with E-state index in [0.29, 0.717) is 16.7 Å². The van der Waals surface area contributed by atoms with Gasteiger partial charge in [-0.2, -0.15) is 0 Å². The molecule has 24 heavy (non-hydrogen) atoms. The van der Waals surface area contributed by atoms with E-state index in [1.807, 2.05) is 12.1 Å². The van der Waals surface area contributed by atoms with Crippen molar-refractivity contribution in [3.8, 4) is 5.75 Å². The Bertz CT molecular complexity index is 610. The highest BCUT2D eigenvalue weighted by molar-refractivity contribution is 6.30. The molecule has 2 aliphatic carbocycles. The van der Waals surface area contributed by atoms with Crippen LogP contribution in [0.1, 0.15) is 56.4 Å². The minimum absolute atomic E-state index is 0.181. The van der Waals surface area contributed by atoms with Crippen molar-refractivity contribution in [1.29, 1.82) is 0 Å². The molecule has 0 aromatic heterocycles. The fraction of sp³-hybridized carbons (Fsp3) is 0.556. The summed E-state index contributed by atoms with van der Waals surface area (Å²) in [5.74, 6) is 0.662. The average molecular weight is 351 g/mol. The minimum Gasteiger partial charge on any atom is -0.483 e. The van der Waals surface area contributed by atoms with E-state index in [1.54, 1.807) is 6.07 Å². The number of imide groups is 1. The Morgan fingerprint density at radius 3 is 2.58 bits per heavy atom. The Labute approximate surface area is 147 Å². The summed E-state index contributed by atoms with van der Waals surface area (Å²) in [6, 6.07) is 5.28. The molecule has 0 atom stereocenters. The van der Waals surface area contributed by atoms with E-state index in [9.17, 15) is 9.59 Å². The molecule has 1 aromatic carbocycles. The van der Waals surface area contributed by atoms with Crippen LogP contribution in [0.25, 0.3) is 0 Å². The molecule has 0 saturated heterocycles. The second-order valence-electron chi connectivity index (χ2n) is 6.60. The number of carbonyl (C=O) groups excluding carboxylic acids is 2. The molecule has 1 aromatic rings. The summed E-state index contributed by atoms with van der Waals surface area (Å²) in [7, 11) is 0. The van der Waals surface area contributed by atoms with Gasteiger partial charge in [0.05, 0.1) is 0 Å². The molecule has 2 fully saturated rings. The van der Waals surface area contributed by atoms with E-state index < -0.39 is 11.9 Å². The molecule has 6 heteroatoms. The molecule has 5 nitrogen and oxygen atoms in total. The van der Waals surface area contributed by atoms with E-state index in [2.05, 4.69) is 10.6 Å². The monoisotopic (exact) mass is 350 g/mol. The fourth-order valence-corrected chi connectivity index (χ4v) is 3.32. The maximum atomic E-state index is 11.9. The third-order valence-corrected chi connectivity index (χ3v) is 4.78. The summed E-state index contributed by atoms with van der Waals surface area (Å²) in [6.07, 6.45) is 7.88. The van der Waals surface area contributed by atoms with Crippen LogP contribution in [-0.4, -0.2) is 24.6 Å². The van der Waals surface area contributed by atoms with Gasteiger partial charge < -0.3 is 10.1 Å². The van der Waals surface area contributed by atoms with Gasteiger partial charge in [0.25, 0.3) is 5.91 Å². The maximum Gasteiger partial charge on any atom is 0.321 e. The van der Waals surface area contributed by atoms with Crippen LogP contribution in [0.2, 0.25) is 5.02 Å². The van der Waals surface area contributed by atoms with Gasteiger partial charge in [-0.25, -0.2) is 4.79 Å². The van der Waals surface area contributed by atoms with Crippen LogP contribution >= 0.6 is 11.6 Å². The van der Waals surface area contributed by atoms with E-state index in [1.165, 1.54) is 19.3 Å². The molecular formula is C18H23ClN2O3. The largest absolute Gasteiger partial charge is 0.483 e. The van der Waals surface area contributed by atoms with Crippen LogP contribution in [0.5, 0.6) is 5.75 Å². The highest BCUT2D eigenvalue weighted by Crippen LogP contribution is 2.38. The zero-order valence-electron chi connectivity index (χ0n) is 13.6. The van der Waals surface area contributed by atoms with Gasteiger partial charge in [0.2, 0.25) is 0 Å². The number of halogens is 1. The van der Waals surface area contributed by atoms with Crippen molar-refractivity contribution in [3.63, 3.8) is 0 Å². The van der Waals surface area contributed by atoms with E-state index in [4.69, 9.17) is 16.3 Å². The summed E-state index contributed by atoms with van der Waals surface area (Å²) in [5, 5.41) is 5.68. The highest BCUT2D eigenvalue weighted by Gasteiger charge is 2.24. The SMILES string of the molecule is O=C(COc1ccc(Cl)cc1C1CCCCC1)NC(=O)NC1CC1. The molecule has 0 radical (unpaired) electrons. The molecule has 2 saturated carbocycles. The van der Waals surface area contributed by atoms with E-state index in [-0.39, 0.29) is 12.6 Å². The number of carbonyl (C=O) groups is 2. The molecule has 130 valence electrons. The zero-order valence-corrected chi connectivity index (χ0v) is 14.4. The Balaban J connectivity index is 1.57. The maximum absolute atomic E-state index is 11.9. The summed E-state index contributed by atoms with van der Waals surface area (Å²) >= 11 is 6.13. The Morgan fingerprint density at radius 1 is 1.12 bits per heavy atom. The van der Waals surface area contributed by atoms with Crippen LogP contribution in [0.4, 0.5) is 4.79 Å². The number of hydrogen-bond acceptors (Lipinski definition) is 3. The zero-order chi connectivity index (χ0) is 16.9. The summed E-state index contributed by atoms with van der Waals surface area (Å²) in [6.45, 7) is -0.181. The van der Waals surface area contributed by atoms with Gasteiger partial charge in [0.15, 0.2) is 6.61 Å². The molecule has 3 rings (SSSR count). The predicted octanol–water partition coefficient (Wildman–Crippen LogP) is 3.75. The van der Waals surface area contributed by atoms with Crippen LogP contribution < -0.4 is 15.4 Å². The van der Waals surface area contributed by atoms with Crippen molar-refractivity contribution in [2.45, 2.75) is 56.9 Å². The van der Waals surface area contributed by atoms with Crippen molar-refractivity contribution in [2.24, 2.45) is 0 Å². The number of hydrogen-bond donors (Lipinski definition) is 2. The number of urea groups is 1. The van der Waals surface area contributed by atoms with Crippen molar-refractivity contribution < 1.29 is 14.3 Å². The van der Waals surface area contributed by atoms with Gasteiger partial charge in [-0.05, 0) is 55.4 Å². The summed E-state index contributed by atoms with van der Waals surface area (Å²) in [4.78, 5) is 23.4. The quantitative estimate of drug-likeness (QED) is 0.849. The van der Waals surface area contributed by atoms with Gasteiger partial charge in [0.1, 0.15) is 5.75 Å². The molecule has 0 heterocycles. The molecule has 0 unspecified atom stereocenters. The predicted molar refractivity (Wildman–Crippen MR) is 92.5 cm³/mol. The fourth-order valence-electron chi connectivity index (χ4n) is 3.14. The molecular weight excluding hydrogens is 328 g/mol. The third kappa shape index (κ3) is 4.87. The van der Waals surface area contributed by atoms with Crippen molar-refractivity contribution >= 4 is 23.5 Å². The topological polar surface area (TPSA) is 67.4 Å². The third-order valence-electron chi connectivity index (χ3n) is 4.54. The van der Waals surface area contributed by atoms with Crippen LogP contribution in [0, 0.1) is 0 Å². The summed E-state index contributed by atoms with van der Waals surface area (Å²) in [5.41, 5.74) is 1.07. The normalized spacial score (nSPS) is 18.0. The van der Waals surface area contributed by atoms with Gasteiger partial charge in [-0.3, -0.25) is 10.1 Å². The lowest BCUT2D eigenvalue weighted by Crippen LogP contribution is -2.42. The number of amides is 3. The second kappa shape index (κ2) is 7.88. The molecule has 3 amide bonds. The lowest BCUT2D eigenvalue weighted by Gasteiger charge is -2.24. The highest BCUT2D eigenvalue weighted by atomic mass is 35.5. The first kappa shape index (κ1) is 17.1. The Morgan fingerprint density at radius 2 is 1.88 bits per heavy atom. The first-order valence-corrected chi connectivity index (χ1v) is 9.02. The van der Waals surface area contributed by atoms with Gasteiger partial charge >= 0.3 is 6.03 Å². The Kier molecular flexibility index (Phi) is 5.61. The number of rotatable bonds is 5. The number of benzene rings is 1. The van der Waals surface area contributed by atoms with Crippen molar-refractivity contribution in [3.05, 3.63) is 28.8 Å². The number of nitrogens with one attached hydrogen (secondary N) is 2. The van der Waals surface area contributed by atoms with Gasteiger partial charge in [-0.15, -0.1) is 0 Å². The smallest absolute Gasteiger partial charge is 0.321 e. The lowest BCUT2D eigenvalue weighted by molar-refractivity contribution is -0.122. The minimum atomic E-state index is -0.449. The average Bonchev–Trinajstić information content (AvgIpc) is 3.38. The van der Waals surface area contributed by atoms with Crippen molar-refractivity contribution in [1.82, 2.24) is 10.6 Å². The van der Waals surface area contributed by atoms with E-state index in [0.717, 1.165) is 31.2 Å². The Hall–Kier alpha value is -1.75. The molecule has 2 aliphatic rings. The first-order valence-electron chi connectivity index (χ1n) is 8.64. The molecule has 0 bridgehead atoms. The van der Waals surface area contributed by atoms with E-state index >= 15 is 0 Å². The molecule has 0 spiro atoms. The second-order valence-corrected chi connectivity index (χ2v) is 7.04. The lowest BCUT2D eigenvalue weighted by atomic mass is 9.84. The van der Waals surface area contributed by atoms with Crippen molar-refractivity contribution in [2.75, 3.05) is 6.61 Å². The van der Waals surface area contributed by atoms with Crippen LogP contribution in [0.3, 0.4) is 0 Å². The van der Waals surface area contributed by atoms with Crippen LogP contribution in [-0.2, 0) is 4.79 Å². The molecule has 0 aliphatic heterocycles. The van der Waals surface area contributed by atoms with Gasteiger partial charge in [-0.1, -0.05) is 30.9 Å². The van der Waals surface area contributed by atoms with Crippen LogP contribution in [0.15, 0.2) is 18.2 Å².